The van der Waals surface area contributed by atoms with Crippen LogP contribution in [0.25, 0.3) is 0 Å². The number of hydrogen-bond acceptors (Lipinski definition) is 3. The SMILES string of the molecule is NC(=O)c1ccccc1NC(=S)c1cccs1. The standard InChI is InChI=1S/C12H10N2OS2/c13-11(15)8-4-1-2-5-9(8)14-12(16)10-6-3-7-17-10/h1-7H,(H2,13,15)(H,14,16). The van der Waals surface area contributed by atoms with Gasteiger partial charge in [0.15, 0.2) is 0 Å². The molecule has 0 radical (unpaired) electrons. The number of amides is 1. The van der Waals surface area contributed by atoms with Crippen LogP contribution < -0.4 is 11.1 Å². The molecule has 3 N–H and O–H groups in total. The number of rotatable bonds is 3. The predicted molar refractivity (Wildman–Crippen MR) is 74.6 cm³/mol. The summed E-state index contributed by atoms with van der Waals surface area (Å²) in [6, 6.07) is 10.9. The van der Waals surface area contributed by atoms with E-state index in [0.717, 1.165) is 4.88 Å². The van der Waals surface area contributed by atoms with E-state index in [4.69, 9.17) is 18.0 Å². The molecule has 0 spiro atoms. The van der Waals surface area contributed by atoms with Gasteiger partial charge in [0, 0.05) is 0 Å². The lowest BCUT2D eigenvalue weighted by molar-refractivity contribution is 0.100. The summed E-state index contributed by atoms with van der Waals surface area (Å²) in [6.07, 6.45) is 0. The van der Waals surface area contributed by atoms with Gasteiger partial charge in [-0.3, -0.25) is 4.79 Å². The molecule has 1 amide bonds. The van der Waals surface area contributed by atoms with Gasteiger partial charge in [-0.25, -0.2) is 0 Å². The molecule has 0 aliphatic heterocycles. The van der Waals surface area contributed by atoms with Crippen LogP contribution in [0.2, 0.25) is 0 Å². The number of benzene rings is 1. The number of primary amides is 1. The van der Waals surface area contributed by atoms with Gasteiger partial charge in [0.1, 0.15) is 4.99 Å². The van der Waals surface area contributed by atoms with Gasteiger partial charge < -0.3 is 11.1 Å². The van der Waals surface area contributed by atoms with Gasteiger partial charge in [-0.15, -0.1) is 11.3 Å². The minimum Gasteiger partial charge on any atom is -0.366 e. The maximum Gasteiger partial charge on any atom is 0.250 e. The molecule has 1 aromatic carbocycles. The summed E-state index contributed by atoms with van der Waals surface area (Å²) in [4.78, 5) is 12.8. The van der Waals surface area contributed by atoms with Gasteiger partial charge in [0.25, 0.3) is 5.91 Å². The second-order valence-corrected chi connectivity index (χ2v) is 4.70. The first-order valence-electron chi connectivity index (χ1n) is 4.92. The van der Waals surface area contributed by atoms with E-state index in [-0.39, 0.29) is 0 Å². The van der Waals surface area contributed by atoms with Gasteiger partial charge in [0.2, 0.25) is 0 Å². The summed E-state index contributed by atoms with van der Waals surface area (Å²) in [5.74, 6) is -0.470. The number of hydrogen-bond donors (Lipinski definition) is 2. The van der Waals surface area contributed by atoms with E-state index in [2.05, 4.69) is 5.32 Å². The molecular formula is C12H10N2OS2. The Bertz CT molecular complexity index is 549. The van der Waals surface area contributed by atoms with Gasteiger partial charge in [-0.05, 0) is 23.6 Å². The lowest BCUT2D eigenvalue weighted by Crippen LogP contribution is -2.16. The summed E-state index contributed by atoms with van der Waals surface area (Å²) >= 11 is 6.79. The fourth-order valence-corrected chi connectivity index (χ4v) is 2.34. The number of carbonyl (C=O) groups is 1. The number of thiocarbonyl (C=S) groups is 1. The largest absolute Gasteiger partial charge is 0.366 e. The molecular weight excluding hydrogens is 252 g/mol. The van der Waals surface area contributed by atoms with Crippen molar-refractivity contribution in [3.8, 4) is 0 Å². The van der Waals surface area contributed by atoms with Crippen molar-refractivity contribution in [1.82, 2.24) is 0 Å². The van der Waals surface area contributed by atoms with Crippen LogP contribution in [-0.2, 0) is 0 Å². The van der Waals surface area contributed by atoms with Crippen LogP contribution >= 0.6 is 23.6 Å². The number of nitrogens with one attached hydrogen (secondary N) is 1. The molecule has 3 nitrogen and oxygen atoms in total. The number of carbonyl (C=O) groups excluding carboxylic acids is 1. The van der Waals surface area contributed by atoms with Gasteiger partial charge in [-0.1, -0.05) is 30.4 Å². The summed E-state index contributed by atoms with van der Waals surface area (Å²) in [6.45, 7) is 0. The van der Waals surface area contributed by atoms with E-state index in [1.165, 1.54) is 0 Å². The van der Waals surface area contributed by atoms with Crippen molar-refractivity contribution in [2.75, 3.05) is 5.32 Å². The topological polar surface area (TPSA) is 55.1 Å². The maximum atomic E-state index is 11.2. The maximum absolute atomic E-state index is 11.2. The molecule has 0 saturated heterocycles. The van der Waals surface area contributed by atoms with Crippen LogP contribution in [0, 0.1) is 0 Å². The van der Waals surface area contributed by atoms with Crippen molar-refractivity contribution in [1.29, 1.82) is 0 Å². The number of nitrogens with two attached hydrogens (primary N) is 1. The van der Waals surface area contributed by atoms with E-state index in [9.17, 15) is 4.79 Å². The van der Waals surface area contributed by atoms with E-state index in [1.54, 1.807) is 29.5 Å². The molecule has 0 fully saturated rings. The van der Waals surface area contributed by atoms with Crippen molar-refractivity contribution in [2.45, 2.75) is 0 Å². The third kappa shape index (κ3) is 2.69. The molecule has 1 heterocycles. The first-order valence-corrected chi connectivity index (χ1v) is 6.21. The molecule has 0 bridgehead atoms. The Labute approximate surface area is 108 Å². The molecule has 0 aliphatic carbocycles. The van der Waals surface area contributed by atoms with Crippen LogP contribution in [-0.4, -0.2) is 10.9 Å². The first-order chi connectivity index (χ1) is 8.18. The highest BCUT2D eigenvalue weighted by Crippen LogP contribution is 2.17. The average Bonchev–Trinajstić information content (AvgIpc) is 2.83. The zero-order valence-electron chi connectivity index (χ0n) is 8.84. The highest BCUT2D eigenvalue weighted by atomic mass is 32.1. The van der Waals surface area contributed by atoms with Crippen molar-refractivity contribution in [2.24, 2.45) is 5.73 Å². The minimum atomic E-state index is -0.470. The lowest BCUT2D eigenvalue weighted by Gasteiger charge is -2.09. The van der Waals surface area contributed by atoms with Crippen molar-refractivity contribution in [3.63, 3.8) is 0 Å². The normalized spacial score (nSPS) is 9.88. The van der Waals surface area contributed by atoms with E-state index in [1.807, 2.05) is 23.6 Å². The van der Waals surface area contributed by atoms with Crippen LogP contribution in [0.4, 0.5) is 5.69 Å². The van der Waals surface area contributed by atoms with Crippen LogP contribution in [0.1, 0.15) is 15.2 Å². The zero-order chi connectivity index (χ0) is 12.3. The summed E-state index contributed by atoms with van der Waals surface area (Å²) < 4.78 is 0. The summed E-state index contributed by atoms with van der Waals surface area (Å²) in [7, 11) is 0. The Morgan fingerprint density at radius 1 is 1.24 bits per heavy atom. The molecule has 2 rings (SSSR count). The monoisotopic (exact) mass is 262 g/mol. The van der Waals surface area contributed by atoms with Gasteiger partial charge in [-0.2, -0.15) is 0 Å². The molecule has 0 unspecified atom stereocenters. The smallest absolute Gasteiger partial charge is 0.250 e. The van der Waals surface area contributed by atoms with Crippen molar-refractivity contribution < 1.29 is 4.79 Å². The Morgan fingerprint density at radius 2 is 2.00 bits per heavy atom. The molecule has 0 saturated carbocycles. The summed E-state index contributed by atoms with van der Waals surface area (Å²) in [5.41, 5.74) is 6.36. The molecule has 5 heteroatoms. The Hall–Kier alpha value is -1.72. The van der Waals surface area contributed by atoms with Crippen molar-refractivity contribution >= 4 is 40.1 Å². The van der Waals surface area contributed by atoms with E-state index < -0.39 is 5.91 Å². The average molecular weight is 262 g/mol. The number of anilines is 1. The first kappa shape index (κ1) is 11.8. The summed E-state index contributed by atoms with van der Waals surface area (Å²) in [5, 5.41) is 4.98. The fourth-order valence-electron chi connectivity index (χ4n) is 1.40. The second kappa shape index (κ2) is 5.07. The molecule has 2 aromatic rings. The van der Waals surface area contributed by atoms with Crippen molar-refractivity contribution in [3.05, 3.63) is 52.2 Å². The Morgan fingerprint density at radius 3 is 2.65 bits per heavy atom. The zero-order valence-corrected chi connectivity index (χ0v) is 10.5. The lowest BCUT2D eigenvalue weighted by atomic mass is 10.1. The highest BCUT2D eigenvalue weighted by Gasteiger charge is 2.09. The van der Waals surface area contributed by atoms with E-state index >= 15 is 0 Å². The molecule has 1 aromatic heterocycles. The van der Waals surface area contributed by atoms with Crippen LogP contribution in [0.5, 0.6) is 0 Å². The Kier molecular flexibility index (Phi) is 3.51. The molecule has 86 valence electrons. The van der Waals surface area contributed by atoms with Gasteiger partial charge in [0.05, 0.1) is 16.1 Å². The van der Waals surface area contributed by atoms with Crippen LogP contribution in [0.15, 0.2) is 41.8 Å². The Balaban J connectivity index is 2.25. The third-order valence-electron chi connectivity index (χ3n) is 2.19. The fraction of sp³-hybridized carbons (Fsp3) is 0. The molecule has 0 aliphatic rings. The number of para-hydroxylation sites is 1. The number of thiophene rings is 1. The van der Waals surface area contributed by atoms with E-state index in [0.29, 0.717) is 16.2 Å². The highest BCUT2D eigenvalue weighted by molar-refractivity contribution is 7.81. The third-order valence-corrected chi connectivity index (χ3v) is 3.52. The van der Waals surface area contributed by atoms with Crippen LogP contribution in [0.3, 0.4) is 0 Å². The minimum absolute atomic E-state index is 0.436. The quantitative estimate of drug-likeness (QED) is 0.836. The van der Waals surface area contributed by atoms with Gasteiger partial charge >= 0.3 is 0 Å². The molecule has 17 heavy (non-hydrogen) atoms. The predicted octanol–water partition coefficient (Wildman–Crippen LogP) is 2.63. The molecule has 0 atom stereocenters. The second-order valence-electron chi connectivity index (χ2n) is 3.34.